The molecule has 1 saturated carbocycles. The third-order valence-corrected chi connectivity index (χ3v) is 9.71. The van der Waals surface area contributed by atoms with E-state index in [1.54, 1.807) is 43.3 Å². The lowest BCUT2D eigenvalue weighted by Crippen LogP contribution is -2.53. The average molecular weight is 596 g/mol. The summed E-state index contributed by atoms with van der Waals surface area (Å²) in [5.41, 5.74) is 2.13. The highest BCUT2D eigenvalue weighted by Crippen LogP contribution is 2.31. The van der Waals surface area contributed by atoms with Gasteiger partial charge in [0, 0.05) is 12.6 Å². The minimum atomic E-state index is -4.16. The summed E-state index contributed by atoms with van der Waals surface area (Å²) in [4.78, 5) is 28.9. The molecule has 0 saturated heterocycles. The topological polar surface area (TPSA) is 86.8 Å². The Hall–Kier alpha value is -3.36. The van der Waals surface area contributed by atoms with Gasteiger partial charge in [-0.25, -0.2) is 8.42 Å². The summed E-state index contributed by atoms with van der Waals surface area (Å²) in [5, 5.41) is 3.33. The van der Waals surface area contributed by atoms with Gasteiger partial charge in [0.25, 0.3) is 10.0 Å². The predicted octanol–water partition coefficient (Wildman–Crippen LogP) is 5.75. The fraction of sp³-hybridized carbons (Fsp3) is 0.375. The zero-order valence-corrected chi connectivity index (χ0v) is 25.2. The Balaban J connectivity index is 1.64. The van der Waals surface area contributed by atoms with Gasteiger partial charge in [-0.1, -0.05) is 91.0 Å². The highest BCUT2D eigenvalue weighted by Gasteiger charge is 2.33. The van der Waals surface area contributed by atoms with E-state index in [1.165, 1.54) is 17.0 Å². The van der Waals surface area contributed by atoms with Crippen LogP contribution < -0.4 is 9.62 Å². The number of hydrogen-bond acceptors (Lipinski definition) is 4. The molecule has 41 heavy (non-hydrogen) atoms. The third-order valence-electron chi connectivity index (χ3n) is 7.61. The van der Waals surface area contributed by atoms with Gasteiger partial charge in [0.05, 0.1) is 15.6 Å². The first-order chi connectivity index (χ1) is 19.7. The number of rotatable bonds is 11. The quantitative estimate of drug-likeness (QED) is 0.306. The first kappa shape index (κ1) is 30.6. The number of para-hydroxylation sites is 1. The second kappa shape index (κ2) is 14.0. The standard InChI is InChI=1S/C32H38ClN3O4S/c1-24-17-19-28(20-18-24)41(39,40)36(30-16-10-9-15-29(30)33)23-31(37)35(22-21-26-11-5-3-6-12-26)25(2)32(38)34-27-13-7-4-8-14-27/h3,5-6,9-12,15-20,25,27H,4,7-8,13-14,21-23H2,1-2H3,(H,34,38). The van der Waals surface area contributed by atoms with Crippen LogP contribution in [0.4, 0.5) is 5.69 Å². The summed E-state index contributed by atoms with van der Waals surface area (Å²) in [6.07, 6.45) is 5.66. The van der Waals surface area contributed by atoms with Gasteiger partial charge in [0.2, 0.25) is 11.8 Å². The number of halogens is 1. The molecule has 0 aliphatic heterocycles. The SMILES string of the molecule is Cc1ccc(S(=O)(=O)N(CC(=O)N(CCc2ccccc2)C(C)C(=O)NC2CCCCC2)c2ccccc2Cl)cc1. The van der Waals surface area contributed by atoms with Crippen molar-refractivity contribution in [1.29, 1.82) is 0 Å². The van der Waals surface area contributed by atoms with E-state index >= 15 is 0 Å². The molecule has 218 valence electrons. The van der Waals surface area contributed by atoms with Crippen LogP contribution in [-0.2, 0) is 26.0 Å². The van der Waals surface area contributed by atoms with Crippen molar-refractivity contribution in [2.24, 2.45) is 0 Å². The number of hydrogen-bond donors (Lipinski definition) is 1. The van der Waals surface area contributed by atoms with Crippen molar-refractivity contribution in [1.82, 2.24) is 10.2 Å². The number of sulfonamides is 1. The molecule has 0 radical (unpaired) electrons. The molecular weight excluding hydrogens is 558 g/mol. The van der Waals surface area contributed by atoms with Crippen molar-refractivity contribution >= 4 is 39.1 Å². The number of aryl methyl sites for hydroxylation is 1. The van der Waals surface area contributed by atoms with E-state index in [0.29, 0.717) is 6.42 Å². The Bertz CT molecular complexity index is 1420. The normalized spacial score (nSPS) is 14.7. The van der Waals surface area contributed by atoms with E-state index in [-0.39, 0.29) is 34.1 Å². The van der Waals surface area contributed by atoms with Gasteiger partial charge >= 0.3 is 0 Å². The summed E-state index contributed by atoms with van der Waals surface area (Å²) in [5.74, 6) is -0.716. The molecule has 1 fully saturated rings. The van der Waals surface area contributed by atoms with Gasteiger partial charge in [0.1, 0.15) is 12.6 Å². The van der Waals surface area contributed by atoms with Gasteiger partial charge < -0.3 is 10.2 Å². The number of amides is 2. The van der Waals surface area contributed by atoms with Crippen LogP contribution in [0.1, 0.15) is 50.2 Å². The van der Waals surface area contributed by atoms with E-state index < -0.39 is 28.5 Å². The van der Waals surface area contributed by atoms with E-state index in [0.717, 1.165) is 47.5 Å². The van der Waals surface area contributed by atoms with Crippen LogP contribution >= 0.6 is 11.6 Å². The minimum absolute atomic E-state index is 0.0507. The lowest BCUT2D eigenvalue weighted by Gasteiger charge is -2.33. The van der Waals surface area contributed by atoms with Gasteiger partial charge in [-0.2, -0.15) is 0 Å². The molecule has 1 aliphatic rings. The molecule has 1 N–H and O–H groups in total. The number of nitrogens with one attached hydrogen (secondary N) is 1. The van der Waals surface area contributed by atoms with Crippen molar-refractivity contribution in [3.05, 3.63) is 95.0 Å². The van der Waals surface area contributed by atoms with Crippen molar-refractivity contribution in [3.63, 3.8) is 0 Å². The Morgan fingerprint density at radius 2 is 1.56 bits per heavy atom. The summed E-state index contributed by atoms with van der Waals surface area (Å²) in [6, 6.07) is 22.0. The molecule has 9 heteroatoms. The number of benzene rings is 3. The van der Waals surface area contributed by atoms with E-state index in [1.807, 2.05) is 37.3 Å². The third kappa shape index (κ3) is 7.89. The highest BCUT2D eigenvalue weighted by atomic mass is 35.5. The molecule has 0 spiro atoms. The van der Waals surface area contributed by atoms with E-state index in [9.17, 15) is 18.0 Å². The number of anilines is 1. The molecule has 4 rings (SSSR count). The molecule has 0 aromatic heterocycles. The van der Waals surface area contributed by atoms with E-state index in [2.05, 4.69) is 5.32 Å². The smallest absolute Gasteiger partial charge is 0.264 e. The van der Waals surface area contributed by atoms with Crippen LogP contribution in [0.25, 0.3) is 0 Å². The van der Waals surface area contributed by atoms with E-state index in [4.69, 9.17) is 11.6 Å². The fourth-order valence-electron chi connectivity index (χ4n) is 5.14. The molecule has 1 atom stereocenters. The highest BCUT2D eigenvalue weighted by molar-refractivity contribution is 7.92. The molecule has 3 aromatic carbocycles. The maximum Gasteiger partial charge on any atom is 0.264 e. The van der Waals surface area contributed by atoms with Crippen LogP contribution in [0, 0.1) is 6.92 Å². The first-order valence-electron chi connectivity index (χ1n) is 14.1. The van der Waals surface area contributed by atoms with Crippen molar-refractivity contribution < 1.29 is 18.0 Å². The Morgan fingerprint density at radius 3 is 2.22 bits per heavy atom. The summed E-state index contributed by atoms with van der Waals surface area (Å²) in [6.45, 7) is 3.32. The summed E-state index contributed by atoms with van der Waals surface area (Å²) >= 11 is 6.47. The molecular formula is C32H38ClN3O4S. The molecule has 7 nitrogen and oxygen atoms in total. The molecule has 0 bridgehead atoms. The summed E-state index contributed by atoms with van der Waals surface area (Å²) in [7, 11) is -4.16. The Morgan fingerprint density at radius 1 is 0.927 bits per heavy atom. The average Bonchev–Trinajstić information content (AvgIpc) is 2.97. The lowest BCUT2D eigenvalue weighted by molar-refractivity contribution is -0.139. The zero-order chi connectivity index (χ0) is 29.4. The summed E-state index contributed by atoms with van der Waals surface area (Å²) < 4.78 is 28.9. The largest absolute Gasteiger partial charge is 0.352 e. The van der Waals surface area contributed by atoms with Crippen molar-refractivity contribution in [2.45, 2.75) is 69.4 Å². The van der Waals surface area contributed by atoms with Crippen molar-refractivity contribution in [2.75, 3.05) is 17.4 Å². The van der Waals surface area contributed by atoms with Gasteiger partial charge in [-0.05, 0) is 62.9 Å². The van der Waals surface area contributed by atoms with Gasteiger partial charge in [-0.3, -0.25) is 13.9 Å². The molecule has 3 aromatic rings. The lowest BCUT2D eigenvalue weighted by atomic mass is 9.95. The maximum atomic E-state index is 14.0. The maximum absolute atomic E-state index is 14.0. The number of carbonyl (C=O) groups excluding carboxylic acids is 2. The monoisotopic (exact) mass is 595 g/mol. The number of carbonyl (C=O) groups is 2. The van der Waals surface area contributed by atoms with Gasteiger partial charge in [-0.15, -0.1) is 0 Å². The van der Waals surface area contributed by atoms with Crippen LogP contribution in [0.2, 0.25) is 5.02 Å². The van der Waals surface area contributed by atoms with Crippen molar-refractivity contribution in [3.8, 4) is 0 Å². The Labute approximate surface area is 248 Å². The molecule has 2 amide bonds. The second-order valence-corrected chi connectivity index (χ2v) is 12.9. The zero-order valence-electron chi connectivity index (χ0n) is 23.6. The number of nitrogens with zero attached hydrogens (tertiary/aromatic N) is 2. The second-order valence-electron chi connectivity index (χ2n) is 10.6. The van der Waals surface area contributed by atoms with Crippen LogP contribution in [-0.4, -0.2) is 50.3 Å². The van der Waals surface area contributed by atoms with Gasteiger partial charge in [0.15, 0.2) is 0 Å². The molecule has 0 heterocycles. The molecule has 1 unspecified atom stereocenters. The fourth-order valence-corrected chi connectivity index (χ4v) is 6.86. The van der Waals surface area contributed by atoms with Crippen LogP contribution in [0.15, 0.2) is 83.8 Å². The van der Waals surface area contributed by atoms with Crippen LogP contribution in [0.3, 0.4) is 0 Å². The Kier molecular flexibility index (Phi) is 10.5. The van der Waals surface area contributed by atoms with Crippen LogP contribution in [0.5, 0.6) is 0 Å². The first-order valence-corrected chi connectivity index (χ1v) is 16.0. The minimum Gasteiger partial charge on any atom is -0.352 e. The molecule has 1 aliphatic carbocycles. The predicted molar refractivity (Wildman–Crippen MR) is 163 cm³/mol.